The fourth-order valence-corrected chi connectivity index (χ4v) is 6.76. The van der Waals surface area contributed by atoms with Crippen molar-refractivity contribution in [3.05, 3.63) is 67.0 Å². The fourth-order valence-electron chi connectivity index (χ4n) is 4.52. The SMILES string of the molecule is COc1ccc(Sc2nc(N)nc3c2ncn3CCOCP(=O)(Oc2ccc3c(c2)OCO3)Oc2ccc3c(c2)OCO3)cc1. The van der Waals surface area contributed by atoms with Crippen LogP contribution in [0.1, 0.15) is 0 Å². The van der Waals surface area contributed by atoms with Gasteiger partial charge in [0.05, 0.1) is 20.0 Å². The van der Waals surface area contributed by atoms with Gasteiger partial charge in [-0.1, -0.05) is 11.8 Å². The number of imidazole rings is 1. The minimum absolute atomic E-state index is 0.0917. The van der Waals surface area contributed by atoms with E-state index < -0.39 is 7.60 Å². The zero-order chi connectivity index (χ0) is 30.8. The summed E-state index contributed by atoms with van der Waals surface area (Å²) in [6, 6.07) is 17.3. The summed E-state index contributed by atoms with van der Waals surface area (Å²) < 4.78 is 60.3. The first-order valence-corrected chi connectivity index (χ1v) is 16.1. The number of hydrogen-bond donors (Lipinski definition) is 1. The number of methoxy groups -OCH3 is 1. The molecule has 4 heterocycles. The molecule has 3 aromatic carbocycles. The van der Waals surface area contributed by atoms with E-state index in [1.807, 2.05) is 24.3 Å². The van der Waals surface area contributed by atoms with Crippen LogP contribution in [0.4, 0.5) is 5.95 Å². The van der Waals surface area contributed by atoms with Crippen molar-refractivity contribution in [2.75, 3.05) is 39.4 Å². The first-order chi connectivity index (χ1) is 21.9. The van der Waals surface area contributed by atoms with Crippen molar-refractivity contribution in [3.63, 3.8) is 0 Å². The Morgan fingerprint density at radius 3 is 2.13 bits per heavy atom. The number of rotatable bonds is 12. The van der Waals surface area contributed by atoms with E-state index in [0.29, 0.717) is 45.7 Å². The third kappa shape index (κ3) is 6.36. The van der Waals surface area contributed by atoms with E-state index in [-0.39, 0.29) is 44.0 Å². The molecule has 7 rings (SSSR count). The van der Waals surface area contributed by atoms with Gasteiger partial charge in [0.2, 0.25) is 19.5 Å². The van der Waals surface area contributed by atoms with Gasteiger partial charge in [-0.2, -0.15) is 4.98 Å². The van der Waals surface area contributed by atoms with E-state index in [4.69, 9.17) is 43.2 Å². The molecule has 14 nitrogen and oxygen atoms in total. The Balaban J connectivity index is 1.05. The summed E-state index contributed by atoms with van der Waals surface area (Å²) in [7, 11) is -2.31. The molecule has 0 atom stereocenters. The molecule has 0 bridgehead atoms. The third-order valence-electron chi connectivity index (χ3n) is 6.63. The van der Waals surface area contributed by atoms with Crippen LogP contribution < -0.4 is 38.5 Å². The quantitative estimate of drug-likeness (QED) is 0.104. The van der Waals surface area contributed by atoms with Crippen molar-refractivity contribution in [2.45, 2.75) is 16.5 Å². The molecule has 2 N–H and O–H groups in total. The molecule has 16 heteroatoms. The van der Waals surface area contributed by atoms with Gasteiger partial charge in [0.25, 0.3) is 0 Å². The van der Waals surface area contributed by atoms with Crippen LogP contribution >= 0.6 is 19.4 Å². The fraction of sp³-hybridized carbons (Fsp3) is 0.207. The van der Waals surface area contributed by atoms with Crippen LogP contribution in [0.25, 0.3) is 11.2 Å². The van der Waals surface area contributed by atoms with Crippen molar-refractivity contribution < 1.29 is 42.0 Å². The number of nitrogens with two attached hydrogens (primary N) is 1. The molecule has 0 radical (unpaired) electrons. The lowest BCUT2D eigenvalue weighted by molar-refractivity contribution is 0.152. The summed E-state index contributed by atoms with van der Waals surface area (Å²) in [4.78, 5) is 14.2. The summed E-state index contributed by atoms with van der Waals surface area (Å²) in [5, 5.41) is 0.612. The topological polar surface area (TPSA) is 161 Å². The van der Waals surface area contributed by atoms with E-state index in [9.17, 15) is 4.57 Å². The van der Waals surface area contributed by atoms with E-state index in [1.165, 1.54) is 11.8 Å². The predicted molar refractivity (Wildman–Crippen MR) is 162 cm³/mol. The number of aromatic nitrogens is 4. The van der Waals surface area contributed by atoms with Crippen LogP contribution in [0, 0.1) is 0 Å². The molecule has 2 aliphatic rings. The summed E-state index contributed by atoms with van der Waals surface area (Å²) in [5.41, 5.74) is 7.18. The minimum Gasteiger partial charge on any atom is -0.497 e. The van der Waals surface area contributed by atoms with Gasteiger partial charge in [-0.05, 0) is 48.5 Å². The molecule has 0 amide bonds. The molecule has 5 aromatic rings. The predicted octanol–water partition coefficient (Wildman–Crippen LogP) is 5.35. The number of fused-ring (bicyclic) bond motifs is 3. The highest BCUT2D eigenvalue weighted by molar-refractivity contribution is 7.99. The monoisotopic (exact) mass is 651 g/mol. The second-order valence-electron chi connectivity index (χ2n) is 9.64. The highest BCUT2D eigenvalue weighted by atomic mass is 32.2. The highest BCUT2D eigenvalue weighted by Gasteiger charge is 2.31. The number of nitrogen functional groups attached to an aromatic ring is 1. The van der Waals surface area contributed by atoms with Crippen molar-refractivity contribution in [1.29, 1.82) is 0 Å². The lowest BCUT2D eigenvalue weighted by Crippen LogP contribution is -2.12. The average Bonchev–Trinajstić information content (AvgIpc) is 3.79. The maximum atomic E-state index is 14.0. The Bertz CT molecular complexity index is 1840. The maximum absolute atomic E-state index is 14.0. The van der Waals surface area contributed by atoms with Gasteiger partial charge in [-0.25, -0.2) is 14.5 Å². The number of benzene rings is 3. The minimum atomic E-state index is -3.93. The molecular formula is C29H26N5O9PS. The Hall–Kier alpha value is -4.85. The zero-order valence-electron chi connectivity index (χ0n) is 23.8. The Labute approximate surface area is 260 Å². The number of anilines is 1. The summed E-state index contributed by atoms with van der Waals surface area (Å²) in [6.45, 7) is 0.645. The molecule has 0 saturated carbocycles. The molecule has 2 aliphatic heterocycles. The van der Waals surface area contributed by atoms with Crippen LogP contribution in [0.2, 0.25) is 0 Å². The van der Waals surface area contributed by atoms with Gasteiger partial charge in [0.15, 0.2) is 35.0 Å². The van der Waals surface area contributed by atoms with E-state index in [2.05, 4.69) is 15.0 Å². The normalized spacial score (nSPS) is 13.3. The van der Waals surface area contributed by atoms with Gasteiger partial charge in [-0.3, -0.25) is 0 Å². The van der Waals surface area contributed by atoms with Gasteiger partial charge < -0.3 is 47.8 Å². The smallest absolute Gasteiger partial charge is 0.456 e. The number of nitrogens with zero attached hydrogens (tertiary/aromatic N) is 4. The lowest BCUT2D eigenvalue weighted by atomic mass is 10.3. The molecule has 45 heavy (non-hydrogen) atoms. The van der Waals surface area contributed by atoms with Gasteiger partial charge in [0, 0.05) is 23.6 Å². The van der Waals surface area contributed by atoms with Crippen molar-refractivity contribution in [1.82, 2.24) is 19.5 Å². The average molecular weight is 652 g/mol. The van der Waals surface area contributed by atoms with E-state index in [0.717, 1.165) is 10.6 Å². The zero-order valence-corrected chi connectivity index (χ0v) is 25.5. The first kappa shape index (κ1) is 28.9. The molecule has 2 aromatic heterocycles. The molecule has 0 aliphatic carbocycles. The first-order valence-electron chi connectivity index (χ1n) is 13.6. The summed E-state index contributed by atoms with van der Waals surface area (Å²) >= 11 is 1.41. The van der Waals surface area contributed by atoms with Gasteiger partial charge in [0.1, 0.15) is 27.8 Å². The highest BCUT2D eigenvalue weighted by Crippen LogP contribution is 2.51. The van der Waals surface area contributed by atoms with Crippen LogP contribution in [0.3, 0.4) is 0 Å². The van der Waals surface area contributed by atoms with Crippen LogP contribution in [0.5, 0.6) is 40.2 Å². The second-order valence-corrected chi connectivity index (χ2v) is 12.5. The van der Waals surface area contributed by atoms with Crippen LogP contribution in [0.15, 0.2) is 76.9 Å². The molecule has 0 unspecified atom stereocenters. The Kier molecular flexibility index (Phi) is 7.88. The van der Waals surface area contributed by atoms with Crippen LogP contribution in [-0.2, 0) is 15.8 Å². The van der Waals surface area contributed by atoms with Crippen molar-refractivity contribution >= 4 is 36.5 Å². The molecule has 232 valence electrons. The summed E-state index contributed by atoms with van der Waals surface area (Å²) in [6.07, 6.45) is 1.27. The van der Waals surface area contributed by atoms with E-state index in [1.54, 1.807) is 54.4 Å². The van der Waals surface area contributed by atoms with Crippen LogP contribution in [-0.4, -0.2) is 53.2 Å². The van der Waals surface area contributed by atoms with Gasteiger partial charge >= 0.3 is 7.60 Å². The number of ether oxygens (including phenoxy) is 6. The molecule has 0 saturated heterocycles. The molecular weight excluding hydrogens is 625 g/mol. The Morgan fingerprint density at radius 2 is 1.49 bits per heavy atom. The Morgan fingerprint density at radius 1 is 0.867 bits per heavy atom. The largest absolute Gasteiger partial charge is 0.497 e. The number of hydrogen-bond acceptors (Lipinski definition) is 14. The van der Waals surface area contributed by atoms with Gasteiger partial charge in [-0.15, -0.1) is 0 Å². The second kappa shape index (κ2) is 12.3. The standard InChI is InChI=1S/C29H26N5O9PS/c1-36-18-2-6-21(7-3-18)45-28-26-27(32-29(30)33-28)34(14-31-26)10-11-37-17-44(35,42-19-4-8-22-24(12-19)40-15-38-22)43-20-5-9-23-25(13-20)41-16-39-23/h2-9,12-14H,10-11,15-17H2,1H3,(H2,30,32,33). The molecule has 0 spiro atoms. The van der Waals surface area contributed by atoms with Crippen molar-refractivity contribution in [2.24, 2.45) is 0 Å². The molecule has 0 fully saturated rings. The maximum Gasteiger partial charge on any atom is 0.456 e. The van der Waals surface area contributed by atoms with E-state index >= 15 is 0 Å². The van der Waals surface area contributed by atoms with Crippen molar-refractivity contribution in [3.8, 4) is 40.2 Å². The summed E-state index contributed by atoms with van der Waals surface area (Å²) in [5.74, 6) is 3.47. The third-order valence-corrected chi connectivity index (χ3v) is 9.09. The lowest BCUT2D eigenvalue weighted by Gasteiger charge is -2.20.